The number of carboxylic acids is 1. The maximum Gasteiger partial charge on any atom is 0.311 e. The second-order valence-electron chi connectivity index (χ2n) is 3.89. The highest BCUT2D eigenvalue weighted by molar-refractivity contribution is 5.76. The minimum absolute atomic E-state index is 0.354. The maximum absolute atomic E-state index is 11.3. The van der Waals surface area contributed by atoms with Crippen molar-refractivity contribution in [1.82, 2.24) is 15.0 Å². The predicted molar refractivity (Wildman–Crippen MR) is 61.5 cm³/mol. The topological polar surface area (TPSA) is 68.0 Å². The molecule has 17 heavy (non-hydrogen) atoms. The Morgan fingerprint density at radius 3 is 2.65 bits per heavy atom. The van der Waals surface area contributed by atoms with Gasteiger partial charge in [-0.3, -0.25) is 9.48 Å². The van der Waals surface area contributed by atoms with Gasteiger partial charge in [-0.2, -0.15) is 0 Å². The van der Waals surface area contributed by atoms with E-state index < -0.39 is 11.9 Å². The molecule has 0 spiro atoms. The number of nitrogens with zero attached hydrogens (tertiary/aromatic N) is 3. The van der Waals surface area contributed by atoms with Gasteiger partial charge in [-0.1, -0.05) is 35.5 Å². The Balaban J connectivity index is 2.22. The molecular weight excluding hydrogens is 218 g/mol. The number of carboxylic acid groups (broad SMARTS) is 1. The third-order valence-corrected chi connectivity index (χ3v) is 2.56. The van der Waals surface area contributed by atoms with Gasteiger partial charge in [0, 0.05) is 19.7 Å². The number of aryl methyl sites for hydroxylation is 1. The van der Waals surface area contributed by atoms with E-state index in [2.05, 4.69) is 10.3 Å². The van der Waals surface area contributed by atoms with Crippen LogP contribution in [0.15, 0.2) is 36.5 Å². The molecule has 0 saturated heterocycles. The quantitative estimate of drug-likeness (QED) is 0.859. The van der Waals surface area contributed by atoms with Crippen LogP contribution in [0.5, 0.6) is 0 Å². The number of rotatable bonds is 4. The first-order chi connectivity index (χ1) is 8.16. The van der Waals surface area contributed by atoms with E-state index in [0.29, 0.717) is 12.1 Å². The lowest BCUT2D eigenvalue weighted by molar-refractivity contribution is -0.138. The molecule has 1 N–H and O–H groups in total. The van der Waals surface area contributed by atoms with E-state index in [1.54, 1.807) is 17.9 Å². The first-order valence-electron chi connectivity index (χ1n) is 5.30. The van der Waals surface area contributed by atoms with Crippen molar-refractivity contribution in [2.45, 2.75) is 12.3 Å². The first kappa shape index (κ1) is 11.3. The van der Waals surface area contributed by atoms with Crippen LogP contribution in [0.3, 0.4) is 0 Å². The fourth-order valence-electron chi connectivity index (χ4n) is 1.73. The molecule has 0 aliphatic carbocycles. The van der Waals surface area contributed by atoms with Crippen LogP contribution in [0, 0.1) is 0 Å². The van der Waals surface area contributed by atoms with Crippen molar-refractivity contribution in [3.05, 3.63) is 47.8 Å². The largest absolute Gasteiger partial charge is 0.481 e. The van der Waals surface area contributed by atoms with Crippen LogP contribution >= 0.6 is 0 Å². The third kappa shape index (κ3) is 2.69. The number of benzene rings is 1. The Kier molecular flexibility index (Phi) is 3.18. The molecule has 1 unspecified atom stereocenters. The van der Waals surface area contributed by atoms with Crippen LogP contribution in [-0.2, 0) is 18.3 Å². The van der Waals surface area contributed by atoms with Crippen LogP contribution in [-0.4, -0.2) is 26.1 Å². The van der Waals surface area contributed by atoms with Crippen LogP contribution in [0.25, 0.3) is 0 Å². The van der Waals surface area contributed by atoms with E-state index >= 15 is 0 Å². The number of aromatic nitrogens is 3. The molecule has 0 bridgehead atoms. The van der Waals surface area contributed by atoms with Crippen molar-refractivity contribution < 1.29 is 9.90 Å². The van der Waals surface area contributed by atoms with Gasteiger partial charge in [0.1, 0.15) is 0 Å². The second kappa shape index (κ2) is 4.78. The van der Waals surface area contributed by atoms with E-state index in [4.69, 9.17) is 0 Å². The molecule has 0 amide bonds. The van der Waals surface area contributed by atoms with Gasteiger partial charge in [0.05, 0.1) is 11.6 Å². The lowest BCUT2D eigenvalue weighted by Gasteiger charge is -2.10. The summed E-state index contributed by atoms with van der Waals surface area (Å²) in [6.07, 6.45) is 2.09. The van der Waals surface area contributed by atoms with E-state index in [0.717, 1.165) is 5.56 Å². The molecule has 0 saturated carbocycles. The van der Waals surface area contributed by atoms with Crippen LogP contribution < -0.4 is 0 Å². The standard InChI is InChI=1S/C12H13N3O2/c1-15-8-10(13-14-15)7-11(12(16)17)9-5-3-2-4-6-9/h2-6,8,11H,7H2,1H3,(H,16,17). The van der Waals surface area contributed by atoms with Gasteiger partial charge in [0.25, 0.3) is 0 Å². The van der Waals surface area contributed by atoms with E-state index in [1.165, 1.54) is 0 Å². The SMILES string of the molecule is Cn1cc(CC(C(=O)O)c2ccccc2)nn1. The Bertz CT molecular complexity index is 507. The molecule has 2 rings (SSSR count). The summed E-state index contributed by atoms with van der Waals surface area (Å²) in [7, 11) is 1.76. The van der Waals surface area contributed by atoms with Crippen molar-refractivity contribution >= 4 is 5.97 Å². The Morgan fingerprint density at radius 2 is 2.12 bits per heavy atom. The molecular formula is C12H13N3O2. The summed E-state index contributed by atoms with van der Waals surface area (Å²) in [5, 5.41) is 16.9. The van der Waals surface area contributed by atoms with Gasteiger partial charge < -0.3 is 5.11 Å². The van der Waals surface area contributed by atoms with Crippen LogP contribution in [0.4, 0.5) is 0 Å². The first-order valence-corrected chi connectivity index (χ1v) is 5.30. The highest BCUT2D eigenvalue weighted by Crippen LogP contribution is 2.19. The minimum atomic E-state index is -0.846. The molecule has 0 aliphatic heterocycles. The minimum Gasteiger partial charge on any atom is -0.481 e. The molecule has 5 nitrogen and oxygen atoms in total. The molecule has 0 aliphatic rings. The molecule has 1 aromatic carbocycles. The average Bonchev–Trinajstić information content (AvgIpc) is 2.73. The predicted octanol–water partition coefficient (Wildman–Crippen LogP) is 1.23. The highest BCUT2D eigenvalue weighted by atomic mass is 16.4. The number of hydrogen-bond acceptors (Lipinski definition) is 3. The number of carbonyl (C=O) groups is 1. The lowest BCUT2D eigenvalue weighted by Crippen LogP contribution is -2.14. The Hall–Kier alpha value is -2.17. The fraction of sp³-hybridized carbons (Fsp3) is 0.250. The molecule has 0 fully saturated rings. The van der Waals surface area contributed by atoms with Crippen molar-refractivity contribution in [1.29, 1.82) is 0 Å². The van der Waals surface area contributed by atoms with Gasteiger partial charge in [-0.15, -0.1) is 5.10 Å². The summed E-state index contributed by atoms with van der Waals surface area (Å²) in [6.45, 7) is 0. The van der Waals surface area contributed by atoms with Crippen LogP contribution in [0.1, 0.15) is 17.2 Å². The molecule has 0 radical (unpaired) electrons. The smallest absolute Gasteiger partial charge is 0.311 e. The average molecular weight is 231 g/mol. The van der Waals surface area contributed by atoms with Crippen molar-refractivity contribution in [2.24, 2.45) is 7.05 Å². The van der Waals surface area contributed by atoms with Gasteiger partial charge in [0.15, 0.2) is 0 Å². The highest BCUT2D eigenvalue weighted by Gasteiger charge is 2.21. The van der Waals surface area contributed by atoms with Gasteiger partial charge in [-0.05, 0) is 5.56 Å². The molecule has 1 heterocycles. The van der Waals surface area contributed by atoms with Gasteiger partial charge in [0.2, 0.25) is 0 Å². The molecule has 2 aromatic rings. The third-order valence-electron chi connectivity index (χ3n) is 2.56. The molecule has 1 aromatic heterocycles. The van der Waals surface area contributed by atoms with Crippen molar-refractivity contribution in [3.63, 3.8) is 0 Å². The summed E-state index contributed by atoms with van der Waals surface area (Å²) in [6, 6.07) is 9.17. The van der Waals surface area contributed by atoms with E-state index in [1.807, 2.05) is 30.3 Å². The maximum atomic E-state index is 11.3. The fourth-order valence-corrected chi connectivity index (χ4v) is 1.73. The summed E-state index contributed by atoms with van der Waals surface area (Å²) < 4.78 is 1.57. The summed E-state index contributed by atoms with van der Waals surface area (Å²) in [4.78, 5) is 11.3. The lowest BCUT2D eigenvalue weighted by atomic mass is 9.95. The Labute approximate surface area is 98.7 Å². The van der Waals surface area contributed by atoms with Crippen molar-refractivity contribution in [2.75, 3.05) is 0 Å². The zero-order valence-electron chi connectivity index (χ0n) is 9.45. The zero-order valence-corrected chi connectivity index (χ0v) is 9.45. The molecule has 5 heteroatoms. The second-order valence-corrected chi connectivity index (χ2v) is 3.89. The van der Waals surface area contributed by atoms with Crippen LogP contribution in [0.2, 0.25) is 0 Å². The molecule has 88 valence electrons. The van der Waals surface area contributed by atoms with Gasteiger partial charge >= 0.3 is 5.97 Å². The normalized spacial score (nSPS) is 12.3. The number of hydrogen-bond donors (Lipinski definition) is 1. The zero-order chi connectivity index (χ0) is 12.3. The van der Waals surface area contributed by atoms with Crippen molar-refractivity contribution in [3.8, 4) is 0 Å². The van der Waals surface area contributed by atoms with Gasteiger partial charge in [-0.25, -0.2) is 0 Å². The van der Waals surface area contributed by atoms with E-state index in [-0.39, 0.29) is 0 Å². The Morgan fingerprint density at radius 1 is 1.41 bits per heavy atom. The molecule has 1 atom stereocenters. The van der Waals surface area contributed by atoms with E-state index in [9.17, 15) is 9.90 Å². The number of aliphatic carboxylic acids is 1. The summed E-state index contributed by atoms with van der Waals surface area (Å²) in [5.41, 5.74) is 1.47. The summed E-state index contributed by atoms with van der Waals surface area (Å²) >= 11 is 0. The monoisotopic (exact) mass is 231 g/mol. The summed E-state index contributed by atoms with van der Waals surface area (Å²) in [5.74, 6) is -1.42.